The van der Waals surface area contributed by atoms with Gasteiger partial charge in [-0.15, -0.1) is 0 Å². The van der Waals surface area contributed by atoms with E-state index in [-0.39, 0.29) is 10.6 Å². The topological polar surface area (TPSA) is 56.0 Å². The maximum Gasteiger partial charge on any atom is 0.272 e. The van der Waals surface area contributed by atoms with Gasteiger partial charge in [0.05, 0.1) is 10.6 Å². The van der Waals surface area contributed by atoms with Crippen LogP contribution in [-0.4, -0.2) is 9.91 Å². The van der Waals surface area contributed by atoms with Crippen molar-refractivity contribution in [2.24, 2.45) is 0 Å². The molecule has 3 aromatic rings. The predicted octanol–water partition coefficient (Wildman–Crippen LogP) is 4.63. The molecule has 3 rings (SSSR count). The largest absolute Gasteiger partial charge is 0.272 e. The summed E-state index contributed by atoms with van der Waals surface area (Å²) in [6, 6.07) is 18.9. The van der Waals surface area contributed by atoms with E-state index < -0.39 is 0 Å². The Hall–Kier alpha value is -3.01. The Labute approximate surface area is 128 Å². The van der Waals surface area contributed by atoms with Crippen LogP contribution in [-0.2, 0) is 0 Å². The number of aromatic nitrogens is 1. The molecule has 0 fully saturated rings. The molecule has 0 amide bonds. The summed E-state index contributed by atoms with van der Waals surface area (Å²) in [6.45, 7) is 1.74. The number of pyridine rings is 1. The standard InChI is InChI=1S/C18H14N2O2/c1-13-7-8-15(12-18(13)20(21)22)16-9-10-19-17(11-16)14-5-3-2-4-6-14/h2-12H,1H3. The lowest BCUT2D eigenvalue weighted by Crippen LogP contribution is -1.92. The third-order valence-corrected chi connectivity index (χ3v) is 3.57. The Bertz CT molecular complexity index is 830. The molecule has 4 nitrogen and oxygen atoms in total. The Balaban J connectivity index is 2.06. The SMILES string of the molecule is Cc1ccc(-c2ccnc(-c3ccccc3)c2)cc1[N+](=O)[O-]. The van der Waals surface area contributed by atoms with Crippen molar-refractivity contribution in [1.29, 1.82) is 0 Å². The van der Waals surface area contributed by atoms with Crippen LogP contribution in [0.4, 0.5) is 5.69 Å². The maximum absolute atomic E-state index is 11.1. The van der Waals surface area contributed by atoms with E-state index in [0.717, 1.165) is 22.4 Å². The predicted molar refractivity (Wildman–Crippen MR) is 86.5 cm³/mol. The van der Waals surface area contributed by atoms with Gasteiger partial charge in [-0.1, -0.05) is 42.5 Å². The van der Waals surface area contributed by atoms with Gasteiger partial charge in [0.2, 0.25) is 0 Å². The van der Waals surface area contributed by atoms with Crippen LogP contribution in [0.3, 0.4) is 0 Å². The first-order valence-electron chi connectivity index (χ1n) is 6.92. The highest BCUT2D eigenvalue weighted by atomic mass is 16.6. The minimum atomic E-state index is -0.349. The third-order valence-electron chi connectivity index (χ3n) is 3.57. The molecule has 0 aliphatic rings. The van der Waals surface area contributed by atoms with Gasteiger partial charge in [0.1, 0.15) is 0 Å². The Kier molecular flexibility index (Phi) is 3.66. The third kappa shape index (κ3) is 2.72. The van der Waals surface area contributed by atoms with E-state index in [1.54, 1.807) is 25.3 Å². The van der Waals surface area contributed by atoms with E-state index >= 15 is 0 Å². The summed E-state index contributed by atoms with van der Waals surface area (Å²) in [4.78, 5) is 15.1. The molecule has 0 aliphatic carbocycles. The van der Waals surface area contributed by atoms with Crippen molar-refractivity contribution in [2.45, 2.75) is 6.92 Å². The minimum Gasteiger partial charge on any atom is -0.258 e. The number of nitro groups is 1. The molecular formula is C18H14N2O2. The summed E-state index contributed by atoms with van der Waals surface area (Å²) in [7, 11) is 0. The molecular weight excluding hydrogens is 276 g/mol. The van der Waals surface area contributed by atoms with Gasteiger partial charge in [-0.3, -0.25) is 15.1 Å². The average Bonchev–Trinajstić information content (AvgIpc) is 2.56. The van der Waals surface area contributed by atoms with Crippen LogP contribution in [0, 0.1) is 17.0 Å². The lowest BCUT2D eigenvalue weighted by molar-refractivity contribution is -0.385. The number of benzene rings is 2. The van der Waals surface area contributed by atoms with Crippen LogP contribution < -0.4 is 0 Å². The molecule has 108 valence electrons. The zero-order valence-corrected chi connectivity index (χ0v) is 12.1. The lowest BCUT2D eigenvalue weighted by atomic mass is 10.0. The first kappa shape index (κ1) is 13.9. The Morgan fingerprint density at radius 2 is 1.64 bits per heavy atom. The average molecular weight is 290 g/mol. The van der Waals surface area contributed by atoms with Gasteiger partial charge in [-0.05, 0) is 30.2 Å². The number of hydrogen-bond acceptors (Lipinski definition) is 3. The van der Waals surface area contributed by atoms with Gasteiger partial charge in [0.25, 0.3) is 5.69 Å². The first-order chi connectivity index (χ1) is 10.6. The molecule has 4 heteroatoms. The molecule has 0 atom stereocenters. The van der Waals surface area contributed by atoms with E-state index in [4.69, 9.17) is 0 Å². The fourth-order valence-electron chi connectivity index (χ4n) is 2.36. The van der Waals surface area contributed by atoms with Gasteiger partial charge in [-0.25, -0.2) is 0 Å². The molecule has 0 N–H and O–H groups in total. The zero-order chi connectivity index (χ0) is 15.5. The number of nitro benzene ring substituents is 1. The summed E-state index contributed by atoms with van der Waals surface area (Å²) in [6.07, 6.45) is 1.73. The second kappa shape index (κ2) is 5.77. The number of aryl methyl sites for hydroxylation is 1. The number of rotatable bonds is 3. The number of nitrogens with zero attached hydrogens (tertiary/aromatic N) is 2. The van der Waals surface area contributed by atoms with Crippen molar-refractivity contribution in [2.75, 3.05) is 0 Å². The van der Waals surface area contributed by atoms with Crippen LogP contribution >= 0.6 is 0 Å². The van der Waals surface area contributed by atoms with Gasteiger partial charge in [0, 0.05) is 23.4 Å². The van der Waals surface area contributed by atoms with Gasteiger partial charge in [0.15, 0.2) is 0 Å². The quantitative estimate of drug-likeness (QED) is 0.522. The molecule has 0 radical (unpaired) electrons. The summed E-state index contributed by atoms with van der Waals surface area (Å²) >= 11 is 0. The van der Waals surface area contributed by atoms with E-state index in [2.05, 4.69) is 4.98 Å². The highest BCUT2D eigenvalue weighted by Crippen LogP contribution is 2.28. The molecule has 22 heavy (non-hydrogen) atoms. The molecule has 0 spiro atoms. The monoisotopic (exact) mass is 290 g/mol. The summed E-state index contributed by atoms with van der Waals surface area (Å²) in [5.74, 6) is 0. The van der Waals surface area contributed by atoms with Gasteiger partial charge in [-0.2, -0.15) is 0 Å². The van der Waals surface area contributed by atoms with E-state index in [1.165, 1.54) is 0 Å². The molecule has 0 saturated heterocycles. The summed E-state index contributed by atoms with van der Waals surface area (Å²) < 4.78 is 0. The molecule has 0 aliphatic heterocycles. The van der Waals surface area contributed by atoms with Crippen molar-refractivity contribution < 1.29 is 4.92 Å². The Morgan fingerprint density at radius 3 is 2.36 bits per heavy atom. The summed E-state index contributed by atoms with van der Waals surface area (Å²) in [5, 5.41) is 11.1. The second-order valence-electron chi connectivity index (χ2n) is 5.05. The molecule has 0 unspecified atom stereocenters. The number of hydrogen-bond donors (Lipinski definition) is 0. The first-order valence-corrected chi connectivity index (χ1v) is 6.92. The maximum atomic E-state index is 11.1. The van der Waals surface area contributed by atoms with Crippen LogP contribution in [0.5, 0.6) is 0 Å². The minimum absolute atomic E-state index is 0.135. The molecule has 0 saturated carbocycles. The van der Waals surface area contributed by atoms with Crippen molar-refractivity contribution in [3.8, 4) is 22.4 Å². The molecule has 0 bridgehead atoms. The van der Waals surface area contributed by atoms with Gasteiger partial charge < -0.3 is 0 Å². The van der Waals surface area contributed by atoms with E-state index in [1.807, 2.05) is 48.5 Å². The highest BCUT2D eigenvalue weighted by Gasteiger charge is 2.12. The van der Waals surface area contributed by atoms with Crippen LogP contribution in [0.1, 0.15) is 5.56 Å². The second-order valence-corrected chi connectivity index (χ2v) is 5.05. The fraction of sp³-hybridized carbons (Fsp3) is 0.0556. The van der Waals surface area contributed by atoms with E-state index in [9.17, 15) is 10.1 Å². The van der Waals surface area contributed by atoms with Crippen LogP contribution in [0.15, 0.2) is 66.9 Å². The van der Waals surface area contributed by atoms with Crippen molar-refractivity contribution in [1.82, 2.24) is 4.98 Å². The van der Waals surface area contributed by atoms with Crippen molar-refractivity contribution >= 4 is 5.69 Å². The lowest BCUT2D eigenvalue weighted by Gasteiger charge is -2.06. The van der Waals surface area contributed by atoms with Crippen LogP contribution in [0.25, 0.3) is 22.4 Å². The molecule has 2 aromatic carbocycles. The summed E-state index contributed by atoms with van der Waals surface area (Å²) in [5.41, 5.74) is 4.39. The van der Waals surface area contributed by atoms with Crippen LogP contribution in [0.2, 0.25) is 0 Å². The normalized spacial score (nSPS) is 10.4. The van der Waals surface area contributed by atoms with Gasteiger partial charge >= 0.3 is 0 Å². The fourth-order valence-corrected chi connectivity index (χ4v) is 2.36. The highest BCUT2D eigenvalue weighted by molar-refractivity contribution is 5.72. The zero-order valence-electron chi connectivity index (χ0n) is 12.1. The van der Waals surface area contributed by atoms with E-state index in [0.29, 0.717) is 5.56 Å². The van der Waals surface area contributed by atoms with Crippen molar-refractivity contribution in [3.05, 3.63) is 82.5 Å². The molecule has 1 aromatic heterocycles. The Morgan fingerprint density at radius 1 is 0.909 bits per heavy atom. The van der Waals surface area contributed by atoms with Crippen molar-refractivity contribution in [3.63, 3.8) is 0 Å². The molecule has 1 heterocycles. The smallest absolute Gasteiger partial charge is 0.258 e.